The number of nitrogens with zero attached hydrogens (tertiary/aromatic N) is 2. The second-order valence-corrected chi connectivity index (χ2v) is 9.26. The molecule has 1 amide bonds. The molecule has 25 heavy (non-hydrogen) atoms. The van der Waals surface area contributed by atoms with Gasteiger partial charge in [0, 0.05) is 12.2 Å². The monoisotopic (exact) mass is 339 g/mol. The van der Waals surface area contributed by atoms with Gasteiger partial charge in [-0.25, -0.2) is 0 Å². The largest absolute Gasteiger partial charge is 0.398 e. The number of hydrogen-bond acceptors (Lipinski definition) is 3. The molecule has 1 heterocycles. The van der Waals surface area contributed by atoms with Crippen LogP contribution in [0.5, 0.6) is 0 Å². The van der Waals surface area contributed by atoms with E-state index in [4.69, 9.17) is 5.73 Å². The summed E-state index contributed by atoms with van der Waals surface area (Å²) in [6.45, 7) is 4.83. The van der Waals surface area contributed by atoms with E-state index in [-0.39, 0.29) is 0 Å². The Balaban J connectivity index is 1.41. The Morgan fingerprint density at radius 1 is 1.08 bits per heavy atom. The van der Waals surface area contributed by atoms with Crippen LogP contribution in [0.3, 0.4) is 0 Å². The molecule has 0 radical (unpaired) electrons. The number of para-hydroxylation sites is 1. The molecule has 1 aromatic rings. The van der Waals surface area contributed by atoms with E-state index in [9.17, 15) is 4.79 Å². The van der Waals surface area contributed by atoms with Crippen molar-refractivity contribution in [3.8, 4) is 0 Å². The minimum Gasteiger partial charge on any atom is -0.398 e. The standard InChI is InChI=1S/C21H29N3O/c1-21(2)20(25)24(23(21)12-14-5-3-4-6-18(14)22)19-8-7-13-9-15-10-16(19)11-17(13)15/h3-6,13,15-17,19H,7-12,22H2,1-2H3. The van der Waals surface area contributed by atoms with Gasteiger partial charge in [0.05, 0.1) is 6.04 Å². The van der Waals surface area contributed by atoms with Crippen molar-refractivity contribution in [2.75, 3.05) is 5.73 Å². The number of anilines is 1. The Kier molecular flexibility index (Phi) is 3.28. The second kappa shape index (κ2) is 5.23. The minimum atomic E-state index is -0.421. The van der Waals surface area contributed by atoms with Gasteiger partial charge in [-0.1, -0.05) is 18.2 Å². The third-order valence-electron chi connectivity index (χ3n) is 7.70. The van der Waals surface area contributed by atoms with Gasteiger partial charge >= 0.3 is 0 Å². The third-order valence-corrected chi connectivity index (χ3v) is 7.70. The summed E-state index contributed by atoms with van der Waals surface area (Å²) in [5.41, 5.74) is 7.69. The number of hydrazine groups is 1. The van der Waals surface area contributed by atoms with E-state index in [1.807, 2.05) is 18.2 Å². The van der Waals surface area contributed by atoms with Crippen LogP contribution in [0, 0.1) is 23.7 Å². The van der Waals surface area contributed by atoms with Gasteiger partial charge in [0.2, 0.25) is 0 Å². The predicted molar refractivity (Wildman–Crippen MR) is 98.2 cm³/mol. The zero-order valence-electron chi connectivity index (χ0n) is 15.3. The molecule has 2 N–H and O–H groups in total. The van der Waals surface area contributed by atoms with Crippen molar-refractivity contribution in [1.29, 1.82) is 0 Å². The van der Waals surface area contributed by atoms with E-state index in [1.54, 1.807) is 0 Å². The molecule has 5 rings (SSSR count). The van der Waals surface area contributed by atoms with Gasteiger partial charge in [-0.2, -0.15) is 5.01 Å². The lowest BCUT2D eigenvalue weighted by molar-refractivity contribution is -0.234. The number of rotatable bonds is 3. The normalized spacial score (nSPS) is 38.9. The van der Waals surface area contributed by atoms with Gasteiger partial charge < -0.3 is 5.73 Å². The van der Waals surface area contributed by atoms with Crippen molar-refractivity contribution < 1.29 is 4.79 Å². The van der Waals surface area contributed by atoms with E-state index >= 15 is 0 Å². The van der Waals surface area contributed by atoms with E-state index in [1.165, 1.54) is 32.1 Å². The van der Waals surface area contributed by atoms with Crippen molar-refractivity contribution in [3.63, 3.8) is 0 Å². The van der Waals surface area contributed by atoms with E-state index < -0.39 is 5.54 Å². The van der Waals surface area contributed by atoms with Gasteiger partial charge in [0.1, 0.15) is 5.54 Å². The molecule has 4 aliphatic rings. The van der Waals surface area contributed by atoms with Crippen molar-refractivity contribution in [3.05, 3.63) is 29.8 Å². The van der Waals surface area contributed by atoms with E-state index in [2.05, 4.69) is 29.9 Å². The lowest BCUT2D eigenvalue weighted by Crippen LogP contribution is -2.77. The molecule has 4 heteroatoms. The summed E-state index contributed by atoms with van der Waals surface area (Å²) < 4.78 is 0. The molecule has 2 bridgehead atoms. The first-order valence-electron chi connectivity index (χ1n) is 9.91. The number of benzene rings is 1. The number of nitrogen functional groups attached to an aromatic ring is 1. The third kappa shape index (κ3) is 2.13. The highest BCUT2D eigenvalue weighted by atomic mass is 16.2. The molecule has 134 valence electrons. The Bertz CT molecular complexity index is 715. The lowest BCUT2D eigenvalue weighted by atomic mass is 9.64. The summed E-state index contributed by atoms with van der Waals surface area (Å²) in [7, 11) is 0. The SMILES string of the molecule is CC1(C)C(=O)N(C2CCC3CC4CC2CC34)N1Cc1ccccc1N. The zero-order chi connectivity index (χ0) is 17.3. The van der Waals surface area contributed by atoms with Crippen LogP contribution in [0.1, 0.15) is 51.5 Å². The summed E-state index contributed by atoms with van der Waals surface area (Å²) in [5.74, 6) is 3.88. The Hall–Kier alpha value is -1.55. The Labute approximate surface area is 150 Å². The topological polar surface area (TPSA) is 49.6 Å². The van der Waals surface area contributed by atoms with Crippen LogP contribution >= 0.6 is 0 Å². The maximum absolute atomic E-state index is 13.0. The number of fused-ring (bicyclic) bond motifs is 1. The molecule has 0 aromatic heterocycles. The first kappa shape index (κ1) is 15.7. The van der Waals surface area contributed by atoms with E-state index in [0.717, 1.165) is 35.5 Å². The number of carbonyl (C=O) groups is 1. The molecule has 3 aliphatic carbocycles. The minimum absolute atomic E-state index is 0.297. The fourth-order valence-electron chi connectivity index (χ4n) is 6.17. The smallest absolute Gasteiger partial charge is 0.258 e. The molecular formula is C21H29N3O. The molecule has 1 aliphatic heterocycles. The molecular weight excluding hydrogens is 310 g/mol. The van der Waals surface area contributed by atoms with Crippen LogP contribution < -0.4 is 5.73 Å². The van der Waals surface area contributed by atoms with Crippen molar-refractivity contribution in [1.82, 2.24) is 10.0 Å². The molecule has 1 saturated heterocycles. The average molecular weight is 339 g/mol. The first-order chi connectivity index (χ1) is 12.0. The number of hydrogen-bond donors (Lipinski definition) is 1. The second-order valence-electron chi connectivity index (χ2n) is 9.26. The fourth-order valence-corrected chi connectivity index (χ4v) is 6.17. The lowest BCUT2D eigenvalue weighted by Gasteiger charge is -2.59. The number of amides is 1. The number of carbonyl (C=O) groups excluding carboxylic acids is 1. The van der Waals surface area contributed by atoms with Crippen molar-refractivity contribution in [2.24, 2.45) is 23.7 Å². The van der Waals surface area contributed by atoms with Crippen LogP contribution in [0.25, 0.3) is 0 Å². The predicted octanol–water partition coefficient (Wildman–Crippen LogP) is 3.43. The van der Waals surface area contributed by atoms with Crippen molar-refractivity contribution in [2.45, 2.75) is 64.1 Å². The molecule has 1 aromatic carbocycles. The Morgan fingerprint density at radius 2 is 1.84 bits per heavy atom. The summed E-state index contributed by atoms with van der Waals surface area (Å²) >= 11 is 0. The van der Waals surface area contributed by atoms with Gasteiger partial charge in [-0.05, 0) is 81.3 Å². The highest BCUT2D eigenvalue weighted by molar-refractivity contribution is 5.90. The van der Waals surface area contributed by atoms with Crippen molar-refractivity contribution >= 4 is 11.6 Å². The quantitative estimate of drug-likeness (QED) is 0.858. The molecule has 4 fully saturated rings. The van der Waals surface area contributed by atoms with Crippen LogP contribution in [-0.2, 0) is 11.3 Å². The maximum atomic E-state index is 13.0. The average Bonchev–Trinajstić information content (AvgIpc) is 2.82. The Morgan fingerprint density at radius 3 is 2.64 bits per heavy atom. The molecule has 3 saturated carbocycles. The molecule has 0 spiro atoms. The molecule has 5 atom stereocenters. The van der Waals surface area contributed by atoms with E-state index in [0.29, 0.717) is 17.9 Å². The van der Waals surface area contributed by atoms with Crippen LogP contribution in [0.2, 0.25) is 0 Å². The highest BCUT2D eigenvalue weighted by Gasteiger charge is 2.59. The van der Waals surface area contributed by atoms with Gasteiger partial charge in [0.15, 0.2) is 0 Å². The van der Waals surface area contributed by atoms with Gasteiger partial charge in [-0.15, -0.1) is 0 Å². The number of nitrogens with two attached hydrogens (primary N) is 1. The summed E-state index contributed by atoms with van der Waals surface area (Å²) in [4.78, 5) is 13.0. The highest BCUT2D eigenvalue weighted by Crippen LogP contribution is 2.59. The van der Waals surface area contributed by atoms with Gasteiger partial charge in [0.25, 0.3) is 5.91 Å². The zero-order valence-corrected chi connectivity index (χ0v) is 15.3. The molecule has 4 nitrogen and oxygen atoms in total. The summed E-state index contributed by atoms with van der Waals surface area (Å²) in [5, 5.41) is 4.42. The summed E-state index contributed by atoms with van der Waals surface area (Å²) in [6, 6.07) is 8.45. The maximum Gasteiger partial charge on any atom is 0.258 e. The van der Waals surface area contributed by atoms with Crippen LogP contribution in [-0.4, -0.2) is 27.5 Å². The van der Waals surface area contributed by atoms with Crippen LogP contribution in [0.4, 0.5) is 5.69 Å². The first-order valence-corrected chi connectivity index (χ1v) is 9.91. The van der Waals surface area contributed by atoms with Crippen LogP contribution in [0.15, 0.2) is 24.3 Å². The fraction of sp³-hybridized carbons (Fsp3) is 0.667. The van der Waals surface area contributed by atoms with Gasteiger partial charge in [-0.3, -0.25) is 9.80 Å². The summed E-state index contributed by atoms with van der Waals surface area (Å²) in [6.07, 6.45) is 6.65. The molecule has 5 unspecified atom stereocenters.